The summed E-state index contributed by atoms with van der Waals surface area (Å²) in [5.41, 5.74) is 2.29. The van der Waals surface area contributed by atoms with Gasteiger partial charge in [-0.2, -0.15) is 9.19 Å². The highest BCUT2D eigenvalue weighted by atomic mass is 32.1. The van der Waals surface area contributed by atoms with E-state index >= 15 is 0 Å². The molecule has 0 fully saturated rings. The molecule has 0 atom stereocenters. The first-order valence-corrected chi connectivity index (χ1v) is 5.68. The summed E-state index contributed by atoms with van der Waals surface area (Å²) in [6, 6.07) is 1.97. The van der Waals surface area contributed by atoms with Gasteiger partial charge in [0.25, 0.3) is 5.56 Å². The number of rotatable bonds is 0. The molecule has 84 valence electrons. The normalized spacial score (nSPS) is 17.9. The molecule has 4 nitrogen and oxygen atoms in total. The van der Waals surface area contributed by atoms with Crippen molar-refractivity contribution in [2.75, 3.05) is 0 Å². The number of hydrogen-bond donors (Lipinski definition) is 1. The maximum atomic E-state index is 11.8. The van der Waals surface area contributed by atoms with Gasteiger partial charge in [0.05, 0.1) is 17.1 Å². The van der Waals surface area contributed by atoms with E-state index in [-0.39, 0.29) is 11.0 Å². The van der Waals surface area contributed by atoms with Gasteiger partial charge in [0.1, 0.15) is 0 Å². The van der Waals surface area contributed by atoms with Gasteiger partial charge in [-0.3, -0.25) is 4.79 Å². The lowest BCUT2D eigenvalue weighted by Crippen LogP contribution is -2.17. The van der Waals surface area contributed by atoms with E-state index in [0.717, 1.165) is 28.0 Å². The third-order valence-corrected chi connectivity index (χ3v) is 3.46. The number of aromatic nitrogens is 3. The van der Waals surface area contributed by atoms with Crippen LogP contribution in [0.25, 0.3) is 10.9 Å². The summed E-state index contributed by atoms with van der Waals surface area (Å²) >= 11 is 3.98. The molecule has 0 aromatic carbocycles. The average Bonchev–Trinajstić information content (AvgIpc) is 2.64. The zero-order valence-electron chi connectivity index (χ0n) is 9.27. The Labute approximate surface area is 98.4 Å². The fourth-order valence-electron chi connectivity index (χ4n) is 2.51. The quantitative estimate of drug-likeness (QED) is 0.702. The van der Waals surface area contributed by atoms with Gasteiger partial charge in [0.15, 0.2) is 0 Å². The van der Waals surface area contributed by atoms with Crippen LogP contribution in [0, 0.1) is 5.41 Å². The maximum absolute atomic E-state index is 11.8. The van der Waals surface area contributed by atoms with Crippen LogP contribution in [0.2, 0.25) is 0 Å². The zero-order valence-corrected chi connectivity index (χ0v) is 10.2. The van der Waals surface area contributed by atoms with Gasteiger partial charge >= 0.3 is 0 Å². The molecule has 3 rings (SSSR count). The molecule has 5 heteroatoms. The molecule has 2 aromatic rings. The van der Waals surface area contributed by atoms with Crippen LogP contribution >= 0.6 is 12.8 Å². The minimum Gasteiger partial charge on any atom is -0.343 e. The van der Waals surface area contributed by atoms with Crippen molar-refractivity contribution in [3.63, 3.8) is 0 Å². The molecule has 1 aliphatic heterocycles. The molecule has 2 aromatic heterocycles. The molecule has 0 saturated carbocycles. The Morgan fingerprint density at radius 3 is 3.00 bits per heavy atom. The zero-order chi connectivity index (χ0) is 11.5. The smallest absolute Gasteiger partial charge is 0.286 e. The Hall–Kier alpha value is -1.23. The molecule has 16 heavy (non-hydrogen) atoms. The third kappa shape index (κ3) is 1.24. The van der Waals surface area contributed by atoms with Crippen molar-refractivity contribution in [3.8, 4) is 0 Å². The lowest BCUT2D eigenvalue weighted by atomic mass is 9.91. The van der Waals surface area contributed by atoms with Crippen LogP contribution in [0.3, 0.4) is 0 Å². The van der Waals surface area contributed by atoms with E-state index in [9.17, 15) is 4.79 Å². The Balaban J connectivity index is 2.33. The maximum Gasteiger partial charge on any atom is 0.286 e. The van der Waals surface area contributed by atoms with E-state index < -0.39 is 0 Å². The van der Waals surface area contributed by atoms with Crippen molar-refractivity contribution in [2.45, 2.75) is 26.8 Å². The molecule has 0 unspecified atom stereocenters. The van der Waals surface area contributed by atoms with E-state index in [0.29, 0.717) is 0 Å². The molecule has 0 N–H and O–H groups in total. The number of hydrogen-bond acceptors (Lipinski definition) is 3. The van der Waals surface area contributed by atoms with Crippen molar-refractivity contribution >= 4 is 23.7 Å². The van der Waals surface area contributed by atoms with Crippen LogP contribution in [0.5, 0.6) is 0 Å². The molecular weight excluding hydrogens is 222 g/mol. The summed E-state index contributed by atoms with van der Waals surface area (Å²) in [7, 11) is 0. The van der Waals surface area contributed by atoms with Crippen LogP contribution in [-0.2, 0) is 13.0 Å². The summed E-state index contributed by atoms with van der Waals surface area (Å²) in [4.78, 5) is 11.8. The van der Waals surface area contributed by atoms with E-state index in [1.807, 2.05) is 6.07 Å². The minimum atomic E-state index is -0.138. The summed E-state index contributed by atoms with van der Waals surface area (Å²) in [6.45, 7) is 5.42. The van der Waals surface area contributed by atoms with Crippen molar-refractivity contribution in [3.05, 3.63) is 28.3 Å². The second kappa shape index (κ2) is 2.91. The minimum absolute atomic E-state index is 0.138. The van der Waals surface area contributed by atoms with E-state index in [1.54, 1.807) is 6.20 Å². The van der Waals surface area contributed by atoms with Crippen LogP contribution in [0.1, 0.15) is 19.5 Å². The van der Waals surface area contributed by atoms with Crippen molar-refractivity contribution < 1.29 is 0 Å². The molecule has 0 radical (unpaired) electrons. The van der Waals surface area contributed by atoms with E-state index in [2.05, 4.69) is 36.3 Å². The third-order valence-electron chi connectivity index (χ3n) is 3.17. The van der Waals surface area contributed by atoms with Gasteiger partial charge in [-0.1, -0.05) is 13.8 Å². The highest BCUT2D eigenvalue weighted by Gasteiger charge is 2.30. The van der Waals surface area contributed by atoms with Gasteiger partial charge < -0.3 is 4.57 Å². The lowest BCUT2D eigenvalue weighted by molar-refractivity contribution is 0.362. The fourth-order valence-corrected chi connectivity index (χ4v) is 2.67. The van der Waals surface area contributed by atoms with Crippen LogP contribution < -0.4 is 5.56 Å². The Morgan fingerprint density at radius 2 is 2.25 bits per heavy atom. The molecular formula is C11H13N3OS. The van der Waals surface area contributed by atoms with Crippen LogP contribution in [0.15, 0.2) is 17.1 Å². The predicted molar refractivity (Wildman–Crippen MR) is 65.9 cm³/mol. The van der Waals surface area contributed by atoms with Gasteiger partial charge in [0, 0.05) is 12.2 Å². The first kappa shape index (κ1) is 9.96. The first-order chi connectivity index (χ1) is 7.48. The monoisotopic (exact) mass is 235 g/mol. The highest BCUT2D eigenvalue weighted by Crippen LogP contribution is 2.34. The molecule has 0 bridgehead atoms. The average molecular weight is 235 g/mol. The Kier molecular flexibility index (Phi) is 1.81. The van der Waals surface area contributed by atoms with Crippen molar-refractivity contribution in [1.82, 2.24) is 13.8 Å². The van der Waals surface area contributed by atoms with Crippen LogP contribution in [0.4, 0.5) is 0 Å². The predicted octanol–water partition coefficient (Wildman–Crippen LogP) is 1.47. The first-order valence-electron chi connectivity index (χ1n) is 5.28. The topological polar surface area (TPSA) is 39.8 Å². The summed E-state index contributed by atoms with van der Waals surface area (Å²) in [5.74, 6) is 0. The van der Waals surface area contributed by atoms with E-state index in [1.165, 1.54) is 5.69 Å². The van der Waals surface area contributed by atoms with Crippen molar-refractivity contribution in [1.29, 1.82) is 0 Å². The van der Waals surface area contributed by atoms with Gasteiger partial charge in [-0.05, 0) is 30.7 Å². The molecule has 3 heterocycles. The molecule has 0 aliphatic carbocycles. The molecule has 0 saturated heterocycles. The molecule has 0 spiro atoms. The Bertz CT molecular complexity index is 638. The van der Waals surface area contributed by atoms with Gasteiger partial charge in [-0.15, -0.1) is 0 Å². The van der Waals surface area contributed by atoms with Gasteiger partial charge in [-0.25, -0.2) is 0 Å². The lowest BCUT2D eigenvalue weighted by Gasteiger charge is -2.15. The van der Waals surface area contributed by atoms with E-state index in [4.69, 9.17) is 0 Å². The standard InChI is InChI=1S/C11H13N3OS/c1-11(2)4-7-3-8-9(13(7)6-11)5-12-14(16)10(8)15/h3,5,16H,4,6H2,1-2H3. The largest absolute Gasteiger partial charge is 0.343 e. The SMILES string of the molecule is CC1(C)Cc2cc3c(=O)n(S)ncc3n2C1. The summed E-state index contributed by atoms with van der Waals surface area (Å²) in [5, 5.41) is 4.67. The second-order valence-electron chi connectivity index (χ2n) is 5.20. The Morgan fingerprint density at radius 1 is 1.50 bits per heavy atom. The summed E-state index contributed by atoms with van der Waals surface area (Å²) in [6.07, 6.45) is 2.72. The second-order valence-corrected chi connectivity index (χ2v) is 5.58. The summed E-state index contributed by atoms with van der Waals surface area (Å²) < 4.78 is 3.28. The van der Waals surface area contributed by atoms with Crippen molar-refractivity contribution in [2.24, 2.45) is 5.41 Å². The number of nitrogens with zero attached hydrogens (tertiary/aromatic N) is 3. The number of thiol groups is 1. The molecule has 1 aliphatic rings. The van der Waals surface area contributed by atoms with Gasteiger partial charge in [0.2, 0.25) is 0 Å². The highest BCUT2D eigenvalue weighted by molar-refractivity contribution is 7.78. The van der Waals surface area contributed by atoms with Crippen LogP contribution in [-0.4, -0.2) is 13.8 Å². The molecule has 0 amide bonds. The number of fused-ring (bicyclic) bond motifs is 3. The fraction of sp³-hybridized carbons (Fsp3) is 0.455.